The van der Waals surface area contributed by atoms with Gasteiger partial charge < -0.3 is 20.9 Å². The first kappa shape index (κ1) is 30.7. The normalized spacial score (nSPS) is 15.3. The molecule has 0 bridgehead atoms. The lowest BCUT2D eigenvalue weighted by molar-refractivity contribution is -0.123. The number of nitrogens with one attached hydrogen (secondary N) is 4. The number of likely N-dealkylation sites (tertiary alicyclic amines) is 1. The summed E-state index contributed by atoms with van der Waals surface area (Å²) in [7, 11) is 3.92. The number of nitrogens with zero attached hydrogens (tertiary/aromatic N) is 2. The minimum Gasteiger partial charge on any atom is -0.354 e. The van der Waals surface area contributed by atoms with E-state index in [1.165, 1.54) is 6.42 Å². The average Bonchev–Trinajstić information content (AvgIpc) is 3.71. The van der Waals surface area contributed by atoms with Gasteiger partial charge in [-0.05, 0) is 93.8 Å². The Bertz CT molecular complexity index is 1590. The van der Waals surface area contributed by atoms with Crippen LogP contribution in [0.15, 0.2) is 85.1 Å². The summed E-state index contributed by atoms with van der Waals surface area (Å²) < 4.78 is 0. The van der Waals surface area contributed by atoms with E-state index in [9.17, 15) is 9.59 Å². The molecule has 0 radical (unpaired) electrons. The maximum absolute atomic E-state index is 12.5. The fourth-order valence-corrected chi connectivity index (χ4v) is 5.47. The number of rotatable bonds is 11. The smallest absolute Gasteiger partial charge is 0.241 e. The van der Waals surface area contributed by atoms with Crippen molar-refractivity contribution in [3.63, 3.8) is 0 Å². The number of aromatic nitrogens is 2. The van der Waals surface area contributed by atoms with Crippen LogP contribution in [0.2, 0.25) is 0 Å². The lowest BCUT2D eigenvalue weighted by Gasteiger charge is -2.16. The molecule has 1 saturated heterocycles. The summed E-state index contributed by atoms with van der Waals surface area (Å²) in [6.45, 7) is 1.64. The minimum absolute atomic E-state index is 0.0488. The van der Waals surface area contributed by atoms with Crippen molar-refractivity contribution in [3.8, 4) is 23.1 Å². The predicted molar refractivity (Wildman–Crippen MR) is 175 cm³/mol. The Balaban J connectivity index is 1.03. The molecule has 4 N–H and O–H groups in total. The fraction of sp³-hybridized carbons (Fsp3) is 0.306. The van der Waals surface area contributed by atoms with E-state index in [0.717, 1.165) is 58.8 Å². The molecule has 8 heteroatoms. The van der Waals surface area contributed by atoms with Gasteiger partial charge in [0, 0.05) is 29.8 Å². The van der Waals surface area contributed by atoms with E-state index in [1.807, 2.05) is 72.9 Å². The molecule has 3 aromatic carbocycles. The van der Waals surface area contributed by atoms with Gasteiger partial charge in [0.15, 0.2) is 0 Å². The molecule has 1 aliphatic heterocycles. The molecular formula is C36H40N6O2. The van der Waals surface area contributed by atoms with Crippen molar-refractivity contribution < 1.29 is 9.59 Å². The Morgan fingerprint density at radius 1 is 0.977 bits per heavy atom. The number of hydrogen-bond acceptors (Lipinski definition) is 5. The quantitative estimate of drug-likeness (QED) is 0.138. The molecule has 8 nitrogen and oxygen atoms in total. The highest BCUT2D eigenvalue weighted by molar-refractivity contribution is 5.90. The molecule has 0 aliphatic carbocycles. The number of likely N-dealkylation sites (N-methyl/N-ethyl adjacent to an activating group) is 1. The maximum atomic E-state index is 12.5. The van der Waals surface area contributed by atoms with E-state index in [2.05, 4.69) is 61.8 Å². The van der Waals surface area contributed by atoms with E-state index in [4.69, 9.17) is 0 Å². The van der Waals surface area contributed by atoms with Crippen molar-refractivity contribution in [2.24, 2.45) is 0 Å². The Labute approximate surface area is 259 Å². The molecule has 2 amide bonds. The Morgan fingerprint density at radius 3 is 2.34 bits per heavy atom. The monoisotopic (exact) mass is 588 g/mol. The molecule has 0 saturated carbocycles. The van der Waals surface area contributed by atoms with Gasteiger partial charge in [0.1, 0.15) is 11.9 Å². The minimum atomic E-state index is -0.391. The lowest BCUT2D eigenvalue weighted by Crippen LogP contribution is -2.36. The molecule has 44 heavy (non-hydrogen) atoms. The van der Waals surface area contributed by atoms with Crippen LogP contribution in [0.1, 0.15) is 66.7 Å². The molecule has 5 rings (SSSR count). The molecule has 2 heterocycles. The van der Waals surface area contributed by atoms with Crippen LogP contribution < -0.4 is 16.0 Å². The highest BCUT2D eigenvalue weighted by Gasteiger charge is 2.25. The van der Waals surface area contributed by atoms with Crippen molar-refractivity contribution in [2.45, 2.75) is 44.2 Å². The number of carbonyl (C=O) groups excluding carboxylic acids is 2. The van der Waals surface area contributed by atoms with Gasteiger partial charge >= 0.3 is 0 Å². The number of benzene rings is 3. The second kappa shape index (κ2) is 15.1. The van der Waals surface area contributed by atoms with Crippen LogP contribution in [-0.2, 0) is 9.59 Å². The number of unbranched alkanes of at least 4 members (excludes halogenated alkanes) is 1. The second-order valence-electron chi connectivity index (χ2n) is 11.2. The van der Waals surface area contributed by atoms with E-state index >= 15 is 0 Å². The van der Waals surface area contributed by atoms with Crippen LogP contribution in [-0.4, -0.2) is 53.9 Å². The number of imidazole rings is 1. The van der Waals surface area contributed by atoms with E-state index in [0.29, 0.717) is 25.4 Å². The summed E-state index contributed by atoms with van der Waals surface area (Å²) in [5.41, 5.74) is 5.57. The molecule has 4 aromatic rings. The third-order valence-electron chi connectivity index (χ3n) is 7.96. The van der Waals surface area contributed by atoms with Crippen LogP contribution in [0.5, 0.6) is 0 Å². The number of H-pyrrole nitrogens is 1. The van der Waals surface area contributed by atoms with Gasteiger partial charge in [-0.3, -0.25) is 14.5 Å². The van der Waals surface area contributed by atoms with Crippen molar-refractivity contribution >= 4 is 17.5 Å². The highest BCUT2D eigenvalue weighted by Crippen LogP contribution is 2.30. The zero-order valence-electron chi connectivity index (χ0n) is 25.4. The van der Waals surface area contributed by atoms with Gasteiger partial charge in [0.05, 0.1) is 17.9 Å². The Hall–Kier alpha value is -4.71. The van der Waals surface area contributed by atoms with Gasteiger partial charge in [0.2, 0.25) is 11.8 Å². The van der Waals surface area contributed by atoms with Crippen molar-refractivity contribution in [1.82, 2.24) is 25.5 Å². The first-order chi connectivity index (χ1) is 21.5. The van der Waals surface area contributed by atoms with E-state index < -0.39 is 6.04 Å². The Morgan fingerprint density at radius 2 is 1.68 bits per heavy atom. The average molecular weight is 589 g/mol. The summed E-state index contributed by atoms with van der Waals surface area (Å²) in [6.07, 6.45) is 6.06. The van der Waals surface area contributed by atoms with Crippen LogP contribution in [0.25, 0.3) is 11.3 Å². The molecular weight excluding hydrogens is 548 g/mol. The van der Waals surface area contributed by atoms with E-state index in [-0.39, 0.29) is 11.8 Å². The van der Waals surface area contributed by atoms with Crippen molar-refractivity contribution in [3.05, 3.63) is 108 Å². The first-order valence-corrected chi connectivity index (χ1v) is 15.3. The summed E-state index contributed by atoms with van der Waals surface area (Å²) in [6, 6.07) is 25.3. The van der Waals surface area contributed by atoms with Crippen LogP contribution in [0.3, 0.4) is 0 Å². The van der Waals surface area contributed by atoms with Gasteiger partial charge in [-0.1, -0.05) is 54.3 Å². The Kier molecular flexibility index (Phi) is 10.6. The number of carbonyl (C=O) groups is 2. The summed E-state index contributed by atoms with van der Waals surface area (Å²) in [5, 5.41) is 8.95. The standard InChI is InChI=1S/C36H40N6O2/c1-37-34(29-9-4-3-5-10-29)36(44)38-23-7-6-12-33(43)40-30-21-17-27(18-22-30)14-13-26-15-19-28(20-16-26)31-25-39-35(41-31)32-11-8-24-42(32)2/h3-5,9-10,15-22,25,32,34,37H,6-8,11-12,23-24H2,1-2H3,(H,38,44)(H,39,41)(H,40,43). The van der Waals surface area contributed by atoms with Crippen molar-refractivity contribution in [1.29, 1.82) is 0 Å². The van der Waals surface area contributed by atoms with Gasteiger partial charge in [-0.25, -0.2) is 4.98 Å². The zero-order valence-corrected chi connectivity index (χ0v) is 25.4. The molecule has 1 aliphatic rings. The number of amides is 2. The topological polar surface area (TPSA) is 102 Å². The predicted octanol–water partition coefficient (Wildman–Crippen LogP) is 5.43. The summed E-state index contributed by atoms with van der Waals surface area (Å²) >= 11 is 0. The van der Waals surface area contributed by atoms with Crippen LogP contribution in [0, 0.1) is 11.8 Å². The molecule has 1 fully saturated rings. The second-order valence-corrected chi connectivity index (χ2v) is 11.2. The summed E-state index contributed by atoms with van der Waals surface area (Å²) in [5.74, 6) is 7.33. The molecule has 226 valence electrons. The first-order valence-electron chi connectivity index (χ1n) is 15.3. The number of aromatic amines is 1. The van der Waals surface area contributed by atoms with Gasteiger partial charge in [-0.2, -0.15) is 0 Å². The van der Waals surface area contributed by atoms with E-state index in [1.54, 1.807) is 7.05 Å². The maximum Gasteiger partial charge on any atom is 0.241 e. The van der Waals surface area contributed by atoms with Gasteiger partial charge in [0.25, 0.3) is 0 Å². The molecule has 1 aromatic heterocycles. The molecule has 0 spiro atoms. The van der Waals surface area contributed by atoms with Crippen LogP contribution >= 0.6 is 0 Å². The number of hydrogen-bond donors (Lipinski definition) is 4. The van der Waals surface area contributed by atoms with Crippen LogP contribution in [0.4, 0.5) is 5.69 Å². The van der Waals surface area contributed by atoms with Crippen molar-refractivity contribution in [2.75, 3.05) is 32.5 Å². The third kappa shape index (κ3) is 8.22. The van der Waals surface area contributed by atoms with Gasteiger partial charge in [-0.15, -0.1) is 0 Å². The largest absolute Gasteiger partial charge is 0.354 e. The molecule has 2 atom stereocenters. The number of anilines is 1. The lowest BCUT2D eigenvalue weighted by atomic mass is 10.1. The SMILES string of the molecule is CNC(C(=O)NCCCCC(=O)Nc1ccc(C#Cc2ccc(-c3cnc(C4CCCN4C)[nH]3)cc2)cc1)c1ccccc1. The highest BCUT2D eigenvalue weighted by atomic mass is 16.2. The molecule has 2 unspecified atom stereocenters. The summed E-state index contributed by atoms with van der Waals surface area (Å²) in [4.78, 5) is 35.4. The fourth-order valence-electron chi connectivity index (χ4n) is 5.47. The zero-order chi connectivity index (χ0) is 30.7. The third-order valence-corrected chi connectivity index (χ3v) is 7.96.